The van der Waals surface area contributed by atoms with E-state index in [1.807, 2.05) is 11.6 Å². The monoisotopic (exact) mass is 361 g/mol. The summed E-state index contributed by atoms with van der Waals surface area (Å²) in [5.41, 5.74) is 0.991. The summed E-state index contributed by atoms with van der Waals surface area (Å²) in [6.45, 7) is 2.64. The van der Waals surface area contributed by atoms with Gasteiger partial charge in [0.15, 0.2) is 0 Å². The summed E-state index contributed by atoms with van der Waals surface area (Å²) in [6, 6.07) is 4.94. The van der Waals surface area contributed by atoms with E-state index in [-0.39, 0.29) is 6.04 Å². The van der Waals surface area contributed by atoms with Crippen LogP contribution in [0.2, 0.25) is 0 Å². The summed E-state index contributed by atoms with van der Waals surface area (Å²) in [6.07, 6.45) is -2.63. The van der Waals surface area contributed by atoms with Crippen LogP contribution >= 0.6 is 15.9 Å². The molecule has 7 heteroatoms. The van der Waals surface area contributed by atoms with E-state index in [0.29, 0.717) is 6.54 Å². The largest absolute Gasteiger partial charge is 0.416 e. The van der Waals surface area contributed by atoms with Crippen LogP contribution in [0.1, 0.15) is 29.8 Å². The Morgan fingerprint density at radius 2 is 1.90 bits per heavy atom. The number of aryl methyl sites for hydroxylation is 1. The lowest BCUT2D eigenvalue weighted by atomic mass is 10.0. The molecule has 0 saturated heterocycles. The molecule has 0 amide bonds. The molecule has 1 aromatic carbocycles. The second-order valence-electron chi connectivity index (χ2n) is 4.53. The molecule has 0 bridgehead atoms. The van der Waals surface area contributed by atoms with Gasteiger partial charge in [-0.25, -0.2) is 0 Å². The predicted octanol–water partition coefficient (Wildman–Crippen LogP) is 3.99. The van der Waals surface area contributed by atoms with Crippen molar-refractivity contribution in [1.29, 1.82) is 0 Å². The maximum Gasteiger partial charge on any atom is 0.416 e. The molecule has 0 saturated carbocycles. The third kappa shape index (κ3) is 3.29. The number of aromatic nitrogens is 2. The lowest BCUT2D eigenvalue weighted by Gasteiger charge is -2.19. The van der Waals surface area contributed by atoms with E-state index in [0.717, 1.165) is 27.9 Å². The quantitative estimate of drug-likeness (QED) is 0.891. The van der Waals surface area contributed by atoms with E-state index in [4.69, 9.17) is 0 Å². The van der Waals surface area contributed by atoms with Gasteiger partial charge in [0.2, 0.25) is 0 Å². The maximum absolute atomic E-state index is 12.6. The van der Waals surface area contributed by atoms with E-state index >= 15 is 0 Å². The van der Waals surface area contributed by atoms with Crippen LogP contribution in [0, 0.1) is 0 Å². The number of rotatable bonds is 4. The van der Waals surface area contributed by atoms with Crippen molar-refractivity contribution >= 4 is 15.9 Å². The molecular weight excluding hydrogens is 347 g/mol. The van der Waals surface area contributed by atoms with Gasteiger partial charge >= 0.3 is 6.18 Å². The number of hydrogen-bond acceptors (Lipinski definition) is 2. The first-order chi connectivity index (χ1) is 9.88. The Bertz CT molecular complexity index is 605. The summed E-state index contributed by atoms with van der Waals surface area (Å²) in [4.78, 5) is 0. The number of nitrogens with zero attached hydrogens (tertiary/aromatic N) is 2. The lowest BCUT2D eigenvalue weighted by molar-refractivity contribution is -0.137. The molecule has 0 aliphatic heterocycles. The molecule has 21 heavy (non-hydrogen) atoms. The second-order valence-corrected chi connectivity index (χ2v) is 5.39. The third-order valence-electron chi connectivity index (χ3n) is 3.27. The minimum absolute atomic E-state index is 0.232. The van der Waals surface area contributed by atoms with Gasteiger partial charge in [-0.05, 0) is 47.6 Å². The Morgan fingerprint density at radius 3 is 2.38 bits per heavy atom. The molecule has 114 valence electrons. The zero-order chi connectivity index (χ0) is 15.6. The van der Waals surface area contributed by atoms with Crippen LogP contribution in [0.4, 0.5) is 13.2 Å². The van der Waals surface area contributed by atoms with Crippen molar-refractivity contribution in [2.24, 2.45) is 0 Å². The first-order valence-electron chi connectivity index (χ1n) is 6.44. The van der Waals surface area contributed by atoms with Crippen molar-refractivity contribution in [2.75, 3.05) is 7.05 Å². The van der Waals surface area contributed by atoms with Crippen LogP contribution in [0.25, 0.3) is 0 Å². The van der Waals surface area contributed by atoms with Gasteiger partial charge in [0.25, 0.3) is 0 Å². The van der Waals surface area contributed by atoms with Gasteiger partial charge in [0.1, 0.15) is 0 Å². The van der Waals surface area contributed by atoms with Crippen LogP contribution in [-0.2, 0) is 12.7 Å². The molecule has 3 nitrogen and oxygen atoms in total. The molecule has 2 aromatic rings. The van der Waals surface area contributed by atoms with Crippen molar-refractivity contribution < 1.29 is 13.2 Å². The fourth-order valence-corrected chi connectivity index (χ4v) is 2.76. The molecule has 0 aliphatic rings. The highest BCUT2D eigenvalue weighted by Gasteiger charge is 2.30. The maximum atomic E-state index is 12.6. The molecule has 0 spiro atoms. The molecule has 0 radical (unpaired) electrons. The van der Waals surface area contributed by atoms with Crippen molar-refractivity contribution in [3.05, 3.63) is 51.8 Å². The van der Waals surface area contributed by atoms with Gasteiger partial charge in [-0.15, -0.1) is 0 Å². The highest BCUT2D eigenvalue weighted by atomic mass is 79.9. The number of nitrogens with one attached hydrogen (secondary N) is 1. The van der Waals surface area contributed by atoms with E-state index in [9.17, 15) is 13.2 Å². The summed E-state index contributed by atoms with van der Waals surface area (Å²) >= 11 is 3.44. The molecule has 1 heterocycles. The number of alkyl halides is 3. The van der Waals surface area contributed by atoms with Crippen molar-refractivity contribution in [2.45, 2.75) is 25.7 Å². The van der Waals surface area contributed by atoms with Crippen molar-refractivity contribution in [1.82, 2.24) is 15.1 Å². The van der Waals surface area contributed by atoms with Gasteiger partial charge in [-0.1, -0.05) is 12.1 Å². The Balaban J connectivity index is 2.40. The van der Waals surface area contributed by atoms with E-state index in [2.05, 4.69) is 26.3 Å². The smallest absolute Gasteiger partial charge is 0.308 e. The first-order valence-corrected chi connectivity index (χ1v) is 7.23. The highest BCUT2D eigenvalue weighted by molar-refractivity contribution is 9.10. The minimum Gasteiger partial charge on any atom is -0.308 e. The second kappa shape index (κ2) is 6.19. The van der Waals surface area contributed by atoms with E-state index in [1.54, 1.807) is 13.2 Å². The molecule has 1 aromatic heterocycles. The van der Waals surface area contributed by atoms with Gasteiger partial charge in [0, 0.05) is 6.54 Å². The zero-order valence-corrected chi connectivity index (χ0v) is 13.2. The lowest BCUT2D eigenvalue weighted by Crippen LogP contribution is -2.22. The molecule has 1 atom stereocenters. The highest BCUT2D eigenvalue weighted by Crippen LogP contribution is 2.32. The Kier molecular flexibility index (Phi) is 4.73. The van der Waals surface area contributed by atoms with E-state index in [1.165, 1.54) is 12.1 Å². The Labute approximate surface area is 129 Å². The standard InChI is InChI=1S/C14H15BrF3N3/c1-3-21-13(11(15)8-20-21)12(19-2)9-4-6-10(7-5-9)14(16,17)18/h4-8,12,19H,3H2,1-2H3. The third-order valence-corrected chi connectivity index (χ3v) is 3.88. The minimum atomic E-state index is -4.32. The first kappa shape index (κ1) is 16.0. The van der Waals surface area contributed by atoms with Crippen molar-refractivity contribution in [3.63, 3.8) is 0 Å². The number of hydrogen-bond donors (Lipinski definition) is 1. The average molecular weight is 362 g/mol. The van der Waals surface area contributed by atoms with E-state index < -0.39 is 11.7 Å². The SMILES string of the molecule is CCn1ncc(Br)c1C(NC)c1ccc(C(F)(F)F)cc1. The molecule has 1 N–H and O–H groups in total. The fourth-order valence-electron chi connectivity index (χ4n) is 2.24. The predicted molar refractivity (Wildman–Crippen MR) is 77.9 cm³/mol. The van der Waals surface area contributed by atoms with Gasteiger partial charge in [-0.3, -0.25) is 4.68 Å². The molecule has 1 unspecified atom stereocenters. The summed E-state index contributed by atoms with van der Waals surface area (Å²) in [5, 5.41) is 7.36. The molecular formula is C14H15BrF3N3. The average Bonchev–Trinajstić information content (AvgIpc) is 2.81. The van der Waals surface area contributed by atoms with Crippen LogP contribution < -0.4 is 5.32 Å². The summed E-state index contributed by atoms with van der Waals surface area (Å²) in [7, 11) is 1.77. The molecule has 0 aliphatic carbocycles. The number of benzene rings is 1. The van der Waals surface area contributed by atoms with Gasteiger partial charge in [0.05, 0.1) is 28.0 Å². The topological polar surface area (TPSA) is 29.9 Å². The Hall–Kier alpha value is -1.34. The fraction of sp³-hybridized carbons (Fsp3) is 0.357. The van der Waals surface area contributed by atoms with Crippen LogP contribution in [-0.4, -0.2) is 16.8 Å². The van der Waals surface area contributed by atoms with Crippen LogP contribution in [0.5, 0.6) is 0 Å². The van der Waals surface area contributed by atoms with Crippen LogP contribution in [0.3, 0.4) is 0 Å². The summed E-state index contributed by atoms with van der Waals surface area (Å²) < 4.78 is 40.5. The van der Waals surface area contributed by atoms with Crippen molar-refractivity contribution in [3.8, 4) is 0 Å². The summed E-state index contributed by atoms with van der Waals surface area (Å²) in [5.74, 6) is 0. The normalized spacial score (nSPS) is 13.4. The Morgan fingerprint density at radius 1 is 1.29 bits per heavy atom. The number of halogens is 4. The molecule has 2 rings (SSSR count). The van der Waals surface area contributed by atoms with Gasteiger partial charge < -0.3 is 5.32 Å². The van der Waals surface area contributed by atoms with Gasteiger partial charge in [-0.2, -0.15) is 18.3 Å². The molecule has 0 fully saturated rings. The van der Waals surface area contributed by atoms with Crippen LogP contribution in [0.15, 0.2) is 34.9 Å². The zero-order valence-electron chi connectivity index (χ0n) is 11.6.